The minimum absolute atomic E-state index is 0.0771. The van der Waals surface area contributed by atoms with Gasteiger partial charge in [0.25, 0.3) is 11.8 Å². The van der Waals surface area contributed by atoms with Gasteiger partial charge in [-0.1, -0.05) is 118 Å². The molecule has 0 radical (unpaired) electrons. The molecule has 2 aromatic carbocycles. The highest BCUT2D eigenvalue weighted by molar-refractivity contribution is 6.12. The summed E-state index contributed by atoms with van der Waals surface area (Å²) in [7, 11) is 5.98. The minimum atomic E-state index is -1.19. The first-order chi connectivity index (χ1) is 44.9. The van der Waals surface area contributed by atoms with Gasteiger partial charge in [-0.15, -0.1) is 0 Å². The van der Waals surface area contributed by atoms with Gasteiger partial charge in [0.1, 0.15) is 36.8 Å². The number of carboxylic acids is 1. The number of aliphatic carboxylic acids is 1. The number of carbonyl (C=O) groups excluding carboxylic acids is 10. The molecular formula is C68H104N12O15. The SMILES string of the molecule is CC[C@H](C)[C@@H]([C@H](CC(=O)N1CCC[C@H]1C(OC)[C@H](C)C(=O)N[C@@H](Cc1ccccc1)C(=O)O)OC)N(C)C(=O)[C@@H](NC(=O)[C@H](C(C)C)N(C)C(=O)OCc1ccc(NC(=O)[C@H](CCCN=C(N)N)NC(=O)[C@@H](NC(=O)CCCCCN2C(=O)C=CC2=O)C(C)C)cc1)C(C)C. The molecule has 0 spiro atoms. The summed E-state index contributed by atoms with van der Waals surface area (Å²) < 4.78 is 17.7. The monoisotopic (exact) mass is 1330 g/mol. The van der Waals surface area contributed by atoms with E-state index in [0.717, 1.165) is 10.5 Å². The van der Waals surface area contributed by atoms with Crippen LogP contribution in [0.15, 0.2) is 71.7 Å². The molecule has 526 valence electrons. The van der Waals surface area contributed by atoms with Gasteiger partial charge in [0.05, 0.1) is 36.6 Å². The van der Waals surface area contributed by atoms with Crippen LogP contribution < -0.4 is 38.1 Å². The molecule has 10 N–H and O–H groups in total. The number of anilines is 1. The van der Waals surface area contributed by atoms with Crippen LogP contribution in [-0.4, -0.2) is 198 Å². The molecule has 27 heteroatoms. The Balaban J connectivity index is 1.38. The number of guanidine groups is 1. The number of amides is 10. The maximum Gasteiger partial charge on any atom is 0.410 e. The van der Waals surface area contributed by atoms with E-state index in [4.69, 9.17) is 25.7 Å². The summed E-state index contributed by atoms with van der Waals surface area (Å²) in [5.74, 6) is -7.73. The van der Waals surface area contributed by atoms with Crippen LogP contribution in [0.25, 0.3) is 0 Å². The number of nitrogens with zero attached hydrogens (tertiary/aromatic N) is 5. The molecule has 1 fully saturated rings. The maximum atomic E-state index is 14.8. The average Bonchev–Trinajstić information content (AvgIpc) is 1.81. The lowest BCUT2D eigenvalue weighted by Crippen LogP contribution is -2.60. The number of hydrogen-bond acceptors (Lipinski definition) is 15. The van der Waals surface area contributed by atoms with Crippen molar-refractivity contribution in [3.63, 3.8) is 0 Å². The molecule has 2 aromatic rings. The van der Waals surface area contributed by atoms with Gasteiger partial charge >= 0.3 is 12.1 Å². The van der Waals surface area contributed by atoms with Crippen LogP contribution in [-0.2, 0) is 75.2 Å². The number of methoxy groups -OCH3 is 2. The van der Waals surface area contributed by atoms with Crippen LogP contribution in [0.5, 0.6) is 0 Å². The molecule has 11 atom stereocenters. The molecule has 4 rings (SSSR count). The summed E-state index contributed by atoms with van der Waals surface area (Å²) in [6.45, 7) is 16.7. The Morgan fingerprint density at radius 1 is 0.705 bits per heavy atom. The summed E-state index contributed by atoms with van der Waals surface area (Å²) in [4.78, 5) is 157. The molecule has 0 saturated carbocycles. The van der Waals surface area contributed by atoms with E-state index in [1.807, 2.05) is 19.9 Å². The molecule has 27 nitrogen and oxygen atoms in total. The quantitative estimate of drug-likeness (QED) is 0.0201. The van der Waals surface area contributed by atoms with Crippen LogP contribution in [0.1, 0.15) is 138 Å². The number of hydrogen-bond donors (Lipinski definition) is 8. The first kappa shape index (κ1) is 79.0. The second-order valence-electron chi connectivity index (χ2n) is 25.7. The fourth-order valence-electron chi connectivity index (χ4n) is 12.0. The zero-order valence-corrected chi connectivity index (χ0v) is 57.6. The summed E-state index contributed by atoms with van der Waals surface area (Å²) in [5.41, 5.74) is 12.7. The van der Waals surface area contributed by atoms with E-state index in [2.05, 4.69) is 31.6 Å². The third kappa shape index (κ3) is 23.8. The highest BCUT2D eigenvalue weighted by Crippen LogP contribution is 2.30. The number of rotatable bonds is 39. The predicted molar refractivity (Wildman–Crippen MR) is 357 cm³/mol. The number of imide groups is 1. The number of carbonyl (C=O) groups is 11. The smallest absolute Gasteiger partial charge is 0.410 e. The number of likely N-dealkylation sites (tertiary alicyclic amines) is 1. The number of benzene rings is 2. The van der Waals surface area contributed by atoms with Gasteiger partial charge in [0.2, 0.25) is 41.4 Å². The lowest BCUT2D eigenvalue weighted by Gasteiger charge is -2.41. The van der Waals surface area contributed by atoms with Gasteiger partial charge in [-0.2, -0.15) is 0 Å². The normalized spacial score (nSPS) is 16.9. The third-order valence-electron chi connectivity index (χ3n) is 17.6. The van der Waals surface area contributed by atoms with Gasteiger partial charge < -0.3 is 67.2 Å². The van der Waals surface area contributed by atoms with Crippen molar-refractivity contribution in [2.24, 2.45) is 46.0 Å². The van der Waals surface area contributed by atoms with Crippen LogP contribution in [0, 0.1) is 29.6 Å². The second-order valence-corrected chi connectivity index (χ2v) is 25.7. The highest BCUT2D eigenvalue weighted by Gasteiger charge is 2.44. The van der Waals surface area contributed by atoms with Crippen molar-refractivity contribution in [2.45, 2.75) is 194 Å². The van der Waals surface area contributed by atoms with Crippen molar-refractivity contribution in [3.05, 3.63) is 77.9 Å². The molecule has 2 heterocycles. The molecule has 2 aliphatic rings. The fraction of sp³-hybridized carbons (Fsp3) is 0.618. The van der Waals surface area contributed by atoms with Crippen molar-refractivity contribution in [2.75, 3.05) is 53.3 Å². The molecule has 0 aliphatic carbocycles. The Morgan fingerprint density at radius 3 is 1.91 bits per heavy atom. The number of unbranched alkanes of at least 4 members (excludes halogenated alkanes) is 2. The average molecular weight is 1330 g/mol. The molecule has 0 bridgehead atoms. The van der Waals surface area contributed by atoms with E-state index < -0.39 is 114 Å². The predicted octanol–water partition coefficient (Wildman–Crippen LogP) is 4.26. The van der Waals surface area contributed by atoms with E-state index in [-0.39, 0.29) is 86.8 Å². The first-order valence-corrected chi connectivity index (χ1v) is 32.9. The molecule has 2 aliphatic heterocycles. The number of aliphatic imine (C=N–C) groups is 1. The van der Waals surface area contributed by atoms with Gasteiger partial charge in [-0.3, -0.25) is 57.9 Å². The first-order valence-electron chi connectivity index (χ1n) is 32.9. The zero-order chi connectivity index (χ0) is 70.8. The molecular weight excluding hydrogens is 1220 g/mol. The van der Waals surface area contributed by atoms with Crippen molar-refractivity contribution in [3.8, 4) is 0 Å². The standard InChI is InChI=1S/C68H104N12O15/c1-14-43(8)59(51(93-12)38-55(84)79-36-22-26-50(79)60(94-13)44(9)61(85)74-49(66(90)91)37-45-23-17-15-18-24-45)77(10)65(89)57(41(4)5)76-64(88)58(42(6)7)78(11)68(92)95-39-46-28-30-47(31-29-46)72-62(86)48(25-21-34-71-67(69)70)73-63(87)56(40(2)3)75-52(81)27-19-16-20-35-80-53(82)32-33-54(80)83/h15,17-18,23-24,28-33,40-44,48-51,56-60H,14,16,19-22,25-27,34-39H2,1-13H3,(H,72,86)(H,73,87)(H,74,85)(H,75,81)(H,76,88)(H,90,91)(H4,69,70,71)/t43-,44-,48-,49-,50-,51-,56-,57-,58-,59-,60?/m0/s1. The van der Waals surface area contributed by atoms with Crippen molar-refractivity contribution < 1.29 is 72.1 Å². The van der Waals surface area contributed by atoms with E-state index >= 15 is 0 Å². The molecule has 10 amide bonds. The molecule has 95 heavy (non-hydrogen) atoms. The van der Waals surface area contributed by atoms with Crippen LogP contribution in [0.4, 0.5) is 10.5 Å². The lowest BCUT2D eigenvalue weighted by molar-refractivity contribution is -0.148. The molecule has 1 saturated heterocycles. The summed E-state index contributed by atoms with van der Waals surface area (Å²) in [6.07, 6.45) is 3.78. The van der Waals surface area contributed by atoms with Crippen LogP contribution >= 0.6 is 0 Å². The summed E-state index contributed by atoms with van der Waals surface area (Å²) >= 11 is 0. The van der Waals surface area contributed by atoms with E-state index in [1.165, 1.54) is 43.2 Å². The summed E-state index contributed by atoms with van der Waals surface area (Å²) in [5, 5.41) is 24.0. The highest BCUT2D eigenvalue weighted by atomic mass is 16.6. The van der Waals surface area contributed by atoms with Gasteiger partial charge in [0, 0.05) is 78.6 Å². The van der Waals surface area contributed by atoms with Crippen molar-refractivity contribution >= 4 is 76.9 Å². The van der Waals surface area contributed by atoms with Gasteiger partial charge in [-0.05, 0) is 85.5 Å². The Kier molecular flexibility index (Phi) is 32.2. The van der Waals surface area contributed by atoms with E-state index in [9.17, 15) is 57.8 Å². The number of likely N-dealkylation sites (N-methyl/N-ethyl adjacent to an activating group) is 2. The third-order valence-corrected chi connectivity index (χ3v) is 17.6. The van der Waals surface area contributed by atoms with Gasteiger partial charge in [0.15, 0.2) is 5.96 Å². The largest absolute Gasteiger partial charge is 0.480 e. The van der Waals surface area contributed by atoms with Crippen molar-refractivity contribution in [1.82, 2.24) is 40.9 Å². The topological polar surface area (TPSA) is 373 Å². The fourth-order valence-corrected chi connectivity index (χ4v) is 12.0. The van der Waals surface area contributed by atoms with Crippen molar-refractivity contribution in [1.29, 1.82) is 0 Å². The Bertz CT molecular complexity index is 2960. The zero-order valence-electron chi connectivity index (χ0n) is 57.6. The van der Waals surface area contributed by atoms with Gasteiger partial charge in [-0.25, -0.2) is 9.59 Å². The number of ether oxygens (including phenoxy) is 3. The van der Waals surface area contributed by atoms with E-state index in [1.54, 1.807) is 109 Å². The van der Waals surface area contributed by atoms with Crippen LogP contribution in [0.3, 0.4) is 0 Å². The number of nitrogens with two attached hydrogens (primary N) is 2. The van der Waals surface area contributed by atoms with Crippen LogP contribution in [0.2, 0.25) is 0 Å². The number of carboxylic acid groups (broad SMARTS) is 1. The molecule has 1 unspecified atom stereocenters. The maximum absolute atomic E-state index is 14.8. The lowest BCUT2D eigenvalue weighted by atomic mass is 9.89. The van der Waals surface area contributed by atoms with E-state index in [0.29, 0.717) is 62.7 Å². The summed E-state index contributed by atoms with van der Waals surface area (Å²) in [6, 6.07) is 8.79. The minimum Gasteiger partial charge on any atom is -0.480 e. The Hall–Kier alpha value is -8.46. The molecule has 0 aromatic heterocycles. The second kappa shape index (κ2) is 38.8. The Morgan fingerprint density at radius 2 is 1.34 bits per heavy atom. The number of nitrogens with one attached hydrogen (secondary N) is 5. The Labute approximate surface area is 558 Å².